The summed E-state index contributed by atoms with van der Waals surface area (Å²) in [6, 6.07) is 8.28. The van der Waals surface area contributed by atoms with Crippen LogP contribution < -0.4 is 16.0 Å². The highest BCUT2D eigenvalue weighted by atomic mass is 35.5. The quantitative estimate of drug-likeness (QED) is 0.779. The fourth-order valence-electron chi connectivity index (χ4n) is 2.90. The van der Waals surface area contributed by atoms with Crippen LogP contribution in [0.1, 0.15) is 31.0 Å². The average Bonchev–Trinajstić information content (AvgIpc) is 3.03. The zero-order valence-corrected chi connectivity index (χ0v) is 16.6. The Hall–Kier alpha value is -2.14. The topological polar surface area (TPSA) is 90.9 Å². The molecule has 9 heteroatoms. The van der Waals surface area contributed by atoms with Crippen LogP contribution in [-0.2, 0) is 6.42 Å². The van der Waals surface area contributed by atoms with Crippen LogP contribution in [0.4, 0.5) is 21.8 Å². The van der Waals surface area contributed by atoms with Gasteiger partial charge >= 0.3 is 0 Å². The van der Waals surface area contributed by atoms with Crippen molar-refractivity contribution in [3.63, 3.8) is 0 Å². The third-order valence-electron chi connectivity index (χ3n) is 4.16. The van der Waals surface area contributed by atoms with Gasteiger partial charge in [0, 0.05) is 36.6 Å². The molecule has 0 bridgehead atoms. The van der Waals surface area contributed by atoms with Crippen LogP contribution in [0.15, 0.2) is 24.3 Å². The largest absolute Gasteiger partial charge is 0.355 e. The summed E-state index contributed by atoms with van der Waals surface area (Å²) in [6.07, 6.45) is 2.76. The lowest BCUT2D eigenvalue weighted by Crippen LogP contribution is -2.27. The molecule has 1 aromatic carbocycles. The molecular formula is C18H23Cl2FN6. The SMILES string of the molecule is CCCc1cc(N2CC[C@H](N)C2)nc(Nc2ccc(F)c(C#N)c2)n1.Cl.Cl. The molecule has 27 heavy (non-hydrogen) atoms. The number of hydrogen-bond donors (Lipinski definition) is 2. The van der Waals surface area contributed by atoms with Crippen LogP contribution in [0.2, 0.25) is 0 Å². The van der Waals surface area contributed by atoms with E-state index in [1.807, 2.05) is 12.1 Å². The third-order valence-corrected chi connectivity index (χ3v) is 4.16. The second-order valence-corrected chi connectivity index (χ2v) is 6.22. The van der Waals surface area contributed by atoms with E-state index >= 15 is 0 Å². The minimum atomic E-state index is -0.541. The molecular weight excluding hydrogens is 390 g/mol. The first-order valence-corrected chi connectivity index (χ1v) is 8.44. The summed E-state index contributed by atoms with van der Waals surface area (Å²) in [4.78, 5) is 11.3. The third kappa shape index (κ3) is 5.67. The number of aromatic nitrogens is 2. The Balaban J connectivity index is 0.00000182. The normalized spacial score (nSPS) is 15.5. The van der Waals surface area contributed by atoms with Crippen LogP contribution in [0, 0.1) is 17.1 Å². The molecule has 0 amide bonds. The summed E-state index contributed by atoms with van der Waals surface area (Å²) >= 11 is 0. The fourth-order valence-corrected chi connectivity index (χ4v) is 2.90. The second kappa shape index (κ2) is 10.3. The van der Waals surface area contributed by atoms with Crippen LogP contribution in [-0.4, -0.2) is 29.1 Å². The van der Waals surface area contributed by atoms with Crippen molar-refractivity contribution in [2.75, 3.05) is 23.3 Å². The molecule has 6 nitrogen and oxygen atoms in total. The molecule has 0 unspecified atom stereocenters. The molecule has 1 atom stereocenters. The van der Waals surface area contributed by atoms with Crippen LogP contribution >= 0.6 is 24.8 Å². The van der Waals surface area contributed by atoms with Crippen molar-refractivity contribution in [1.29, 1.82) is 5.26 Å². The van der Waals surface area contributed by atoms with Gasteiger partial charge in [0.1, 0.15) is 17.7 Å². The number of anilines is 3. The number of halogens is 3. The Kier molecular flexibility index (Phi) is 8.70. The van der Waals surface area contributed by atoms with E-state index < -0.39 is 5.82 Å². The highest BCUT2D eigenvalue weighted by molar-refractivity contribution is 5.85. The van der Waals surface area contributed by atoms with Gasteiger partial charge in [-0.1, -0.05) is 13.3 Å². The van der Waals surface area contributed by atoms with Crippen LogP contribution in [0.5, 0.6) is 0 Å². The van der Waals surface area contributed by atoms with Crippen molar-refractivity contribution in [3.8, 4) is 6.07 Å². The van der Waals surface area contributed by atoms with E-state index in [2.05, 4.69) is 27.1 Å². The molecule has 1 aromatic heterocycles. The van der Waals surface area contributed by atoms with Crippen molar-refractivity contribution in [2.24, 2.45) is 5.73 Å². The van der Waals surface area contributed by atoms with Gasteiger partial charge in [0.25, 0.3) is 0 Å². The first kappa shape index (κ1) is 22.9. The molecule has 2 aromatic rings. The predicted molar refractivity (Wildman–Crippen MR) is 110 cm³/mol. The summed E-state index contributed by atoms with van der Waals surface area (Å²) in [6.45, 7) is 3.75. The molecule has 3 N–H and O–H groups in total. The summed E-state index contributed by atoms with van der Waals surface area (Å²) in [5.74, 6) is 0.744. The van der Waals surface area contributed by atoms with E-state index in [1.165, 1.54) is 12.1 Å². The Morgan fingerprint density at radius 2 is 2.11 bits per heavy atom. The number of benzene rings is 1. The Morgan fingerprint density at radius 3 is 2.74 bits per heavy atom. The zero-order valence-electron chi connectivity index (χ0n) is 15.0. The predicted octanol–water partition coefficient (Wildman–Crippen LogP) is 3.56. The molecule has 1 aliphatic heterocycles. The molecule has 2 heterocycles. The van der Waals surface area contributed by atoms with Gasteiger partial charge in [0.15, 0.2) is 0 Å². The number of nitriles is 1. The van der Waals surface area contributed by atoms with Crippen molar-refractivity contribution >= 4 is 42.3 Å². The van der Waals surface area contributed by atoms with Crippen molar-refractivity contribution in [3.05, 3.63) is 41.3 Å². The number of rotatable bonds is 5. The lowest BCUT2D eigenvalue weighted by molar-refractivity contribution is 0.624. The standard InChI is InChI=1S/C18H21FN6.2ClH/c1-2-3-14-9-17(25-7-6-13(21)11-25)24-18(22-14)23-15-4-5-16(19)12(8-15)10-20;;/h4-5,8-9,13H,2-3,6-7,11,21H2,1H3,(H,22,23,24);2*1H/t13-;;/m0../s1. The molecule has 1 fully saturated rings. The van der Waals surface area contributed by atoms with Crippen molar-refractivity contribution in [2.45, 2.75) is 32.2 Å². The first-order chi connectivity index (χ1) is 12.1. The monoisotopic (exact) mass is 412 g/mol. The lowest BCUT2D eigenvalue weighted by Gasteiger charge is -2.19. The summed E-state index contributed by atoms with van der Waals surface area (Å²) < 4.78 is 13.5. The Bertz CT molecular complexity index is 811. The molecule has 3 rings (SSSR count). The van der Waals surface area contributed by atoms with Gasteiger partial charge in [0.05, 0.1) is 5.56 Å². The highest BCUT2D eigenvalue weighted by Crippen LogP contribution is 2.23. The van der Waals surface area contributed by atoms with E-state index in [0.29, 0.717) is 11.6 Å². The van der Waals surface area contributed by atoms with E-state index in [4.69, 9.17) is 11.0 Å². The summed E-state index contributed by atoms with van der Waals surface area (Å²) in [7, 11) is 0. The van der Waals surface area contributed by atoms with Crippen LogP contribution in [0.3, 0.4) is 0 Å². The average molecular weight is 413 g/mol. The zero-order chi connectivity index (χ0) is 17.8. The van der Waals surface area contributed by atoms with Crippen molar-refractivity contribution < 1.29 is 4.39 Å². The van der Waals surface area contributed by atoms with Gasteiger partial charge in [-0.15, -0.1) is 24.8 Å². The first-order valence-electron chi connectivity index (χ1n) is 8.44. The second-order valence-electron chi connectivity index (χ2n) is 6.22. The van der Waals surface area contributed by atoms with Gasteiger partial charge < -0.3 is 16.0 Å². The maximum absolute atomic E-state index is 13.5. The maximum atomic E-state index is 13.5. The fraction of sp³-hybridized carbons (Fsp3) is 0.389. The molecule has 1 saturated heterocycles. The maximum Gasteiger partial charge on any atom is 0.229 e. The number of nitrogens with one attached hydrogen (secondary N) is 1. The number of aryl methyl sites for hydroxylation is 1. The lowest BCUT2D eigenvalue weighted by atomic mass is 10.2. The minimum absolute atomic E-state index is 0. The Labute approximate surface area is 170 Å². The smallest absolute Gasteiger partial charge is 0.229 e. The molecule has 0 radical (unpaired) electrons. The number of nitrogens with zero attached hydrogens (tertiary/aromatic N) is 4. The van der Waals surface area contributed by atoms with Gasteiger partial charge in [0.2, 0.25) is 5.95 Å². The van der Waals surface area contributed by atoms with E-state index in [1.54, 1.807) is 6.07 Å². The molecule has 146 valence electrons. The van der Waals surface area contributed by atoms with Gasteiger partial charge in [-0.25, -0.2) is 9.37 Å². The molecule has 0 spiro atoms. The Morgan fingerprint density at radius 1 is 1.33 bits per heavy atom. The highest BCUT2D eigenvalue weighted by Gasteiger charge is 2.21. The van der Waals surface area contributed by atoms with E-state index in [-0.39, 0.29) is 36.4 Å². The molecule has 1 aliphatic rings. The van der Waals surface area contributed by atoms with E-state index in [9.17, 15) is 4.39 Å². The van der Waals surface area contributed by atoms with Gasteiger partial charge in [-0.3, -0.25) is 0 Å². The molecule has 0 saturated carbocycles. The van der Waals surface area contributed by atoms with Crippen molar-refractivity contribution in [1.82, 2.24) is 9.97 Å². The van der Waals surface area contributed by atoms with E-state index in [0.717, 1.165) is 43.9 Å². The van der Waals surface area contributed by atoms with Gasteiger partial charge in [-0.05, 0) is 31.0 Å². The number of hydrogen-bond acceptors (Lipinski definition) is 6. The minimum Gasteiger partial charge on any atom is -0.355 e. The van der Waals surface area contributed by atoms with Crippen LogP contribution in [0.25, 0.3) is 0 Å². The summed E-state index contributed by atoms with van der Waals surface area (Å²) in [5.41, 5.74) is 7.51. The summed E-state index contributed by atoms with van der Waals surface area (Å²) in [5, 5.41) is 12.0. The molecule has 0 aliphatic carbocycles. The van der Waals surface area contributed by atoms with Gasteiger partial charge in [-0.2, -0.15) is 10.2 Å². The number of nitrogens with two attached hydrogens (primary N) is 1.